The highest BCUT2D eigenvalue weighted by atomic mass is 19.3. The molecule has 0 unspecified atom stereocenters. The second-order valence-electron chi connectivity index (χ2n) is 4.27. The first kappa shape index (κ1) is 15.8. The number of aromatic amines is 1. The number of carbonyl (C=O) groups is 2. The highest BCUT2D eigenvalue weighted by molar-refractivity contribution is 6.00. The highest BCUT2D eigenvalue weighted by Gasteiger charge is 2.40. The smallest absolute Gasteiger partial charge is 0.377 e. The van der Waals surface area contributed by atoms with E-state index in [9.17, 15) is 18.4 Å². The van der Waals surface area contributed by atoms with E-state index in [1.807, 2.05) is 0 Å². The van der Waals surface area contributed by atoms with Crippen LogP contribution in [0.1, 0.15) is 23.8 Å². The monoisotopic (exact) mass is 313 g/mol. The molecule has 2 aromatic rings. The van der Waals surface area contributed by atoms with Gasteiger partial charge < -0.3 is 14.5 Å². The van der Waals surface area contributed by atoms with Crippen LogP contribution in [-0.2, 0) is 14.3 Å². The number of carbonyl (C=O) groups excluding carboxylic acids is 2. The number of nitrogens with one attached hydrogen (secondary N) is 1. The maximum absolute atomic E-state index is 13.4. The number of rotatable bonds is 6. The molecule has 0 aromatic carbocycles. The summed E-state index contributed by atoms with van der Waals surface area (Å²) in [5.41, 5.74) is 0.393. The predicted molar refractivity (Wildman–Crippen MR) is 70.4 cm³/mol. The number of ether oxygens (including phenoxy) is 2. The lowest BCUT2D eigenvalue weighted by Gasteiger charge is -2.14. The molecule has 0 fully saturated rings. The number of hydrogen-bond acceptors (Lipinski definition) is 6. The minimum atomic E-state index is -3.70. The maximum atomic E-state index is 13.4. The third-order valence-corrected chi connectivity index (χ3v) is 2.77. The molecule has 0 saturated carbocycles. The Hall–Kier alpha value is -2.58. The van der Waals surface area contributed by atoms with Crippen LogP contribution in [0.4, 0.5) is 8.78 Å². The molecule has 0 bridgehead atoms. The van der Waals surface area contributed by atoms with Crippen LogP contribution in [0, 0.1) is 0 Å². The fraction of sp³-hybridized carbons (Fsp3) is 0.385. The molecule has 0 aliphatic rings. The summed E-state index contributed by atoms with van der Waals surface area (Å²) < 4.78 is 35.7. The first-order chi connectivity index (χ1) is 10.5. The number of nitrogens with zero attached hydrogens (tertiary/aromatic N) is 2. The van der Waals surface area contributed by atoms with Crippen LogP contribution in [0.2, 0.25) is 0 Å². The first-order valence-electron chi connectivity index (χ1n) is 6.46. The summed E-state index contributed by atoms with van der Waals surface area (Å²) in [5.74, 6) is -6.21. The van der Waals surface area contributed by atoms with Crippen molar-refractivity contribution in [3.05, 3.63) is 24.3 Å². The minimum absolute atomic E-state index is 0.0364. The Bertz CT molecular complexity index is 687. The molecule has 0 amide bonds. The fourth-order valence-corrected chi connectivity index (χ4v) is 1.71. The van der Waals surface area contributed by atoms with Crippen LogP contribution in [0.15, 0.2) is 18.6 Å². The van der Waals surface area contributed by atoms with Gasteiger partial charge in [-0.3, -0.25) is 0 Å². The molecule has 0 spiro atoms. The van der Waals surface area contributed by atoms with E-state index in [0.29, 0.717) is 11.0 Å². The van der Waals surface area contributed by atoms with Crippen LogP contribution >= 0.6 is 0 Å². The molecule has 22 heavy (non-hydrogen) atoms. The van der Waals surface area contributed by atoms with E-state index in [1.165, 1.54) is 6.92 Å². The van der Waals surface area contributed by atoms with Gasteiger partial charge in [0.15, 0.2) is 5.69 Å². The third kappa shape index (κ3) is 3.35. The van der Waals surface area contributed by atoms with Gasteiger partial charge in [0, 0.05) is 6.20 Å². The van der Waals surface area contributed by atoms with Crippen LogP contribution in [0.25, 0.3) is 11.0 Å². The van der Waals surface area contributed by atoms with Gasteiger partial charge in [-0.1, -0.05) is 0 Å². The predicted octanol–water partition coefficient (Wildman–Crippen LogP) is 1.70. The summed E-state index contributed by atoms with van der Waals surface area (Å²) in [7, 11) is 0. The Morgan fingerprint density at radius 1 is 1.32 bits per heavy atom. The van der Waals surface area contributed by atoms with Crippen molar-refractivity contribution in [2.45, 2.75) is 19.3 Å². The second kappa shape index (κ2) is 6.46. The van der Waals surface area contributed by atoms with Gasteiger partial charge in [-0.2, -0.15) is 8.78 Å². The minimum Gasteiger partial charge on any atom is -0.462 e. The number of hydrogen-bond donors (Lipinski definition) is 1. The molecule has 2 aromatic heterocycles. The number of fused-ring (bicyclic) bond motifs is 1. The summed E-state index contributed by atoms with van der Waals surface area (Å²) in [6.45, 7) is 0.631. The van der Waals surface area contributed by atoms with Crippen LogP contribution in [0.5, 0.6) is 0 Å². The topological polar surface area (TPSA) is 94.2 Å². The Labute approximate surface area is 123 Å². The lowest BCUT2D eigenvalue weighted by Crippen LogP contribution is -2.32. The summed E-state index contributed by atoms with van der Waals surface area (Å²) in [6.07, 6.45) is 1.76. The lowest BCUT2D eigenvalue weighted by molar-refractivity contribution is -0.173. The molecule has 0 saturated heterocycles. The molecule has 2 rings (SSSR count). The normalized spacial score (nSPS) is 11.4. The van der Waals surface area contributed by atoms with Crippen LogP contribution < -0.4 is 0 Å². The second-order valence-corrected chi connectivity index (χ2v) is 4.27. The Morgan fingerprint density at radius 2 is 2.09 bits per heavy atom. The van der Waals surface area contributed by atoms with Crippen molar-refractivity contribution in [2.75, 3.05) is 13.2 Å². The van der Waals surface area contributed by atoms with Crippen molar-refractivity contribution in [1.29, 1.82) is 0 Å². The van der Waals surface area contributed by atoms with E-state index in [0.717, 1.165) is 6.33 Å². The molecule has 0 radical (unpaired) electrons. The Kier molecular flexibility index (Phi) is 4.64. The molecule has 0 aliphatic heterocycles. The van der Waals surface area contributed by atoms with E-state index in [2.05, 4.69) is 19.7 Å². The molecular formula is C13H13F2N3O4. The van der Waals surface area contributed by atoms with Crippen molar-refractivity contribution in [3.63, 3.8) is 0 Å². The van der Waals surface area contributed by atoms with Gasteiger partial charge in [-0.05, 0) is 13.0 Å². The van der Waals surface area contributed by atoms with Gasteiger partial charge >= 0.3 is 17.9 Å². The van der Waals surface area contributed by atoms with Gasteiger partial charge in [0.2, 0.25) is 0 Å². The van der Waals surface area contributed by atoms with Gasteiger partial charge in [0.1, 0.15) is 12.0 Å². The molecule has 118 valence electrons. The van der Waals surface area contributed by atoms with Gasteiger partial charge in [0.05, 0.1) is 25.0 Å². The van der Waals surface area contributed by atoms with E-state index < -0.39 is 30.9 Å². The van der Waals surface area contributed by atoms with Gasteiger partial charge in [-0.15, -0.1) is 0 Å². The van der Waals surface area contributed by atoms with Gasteiger partial charge in [0.25, 0.3) is 0 Å². The van der Waals surface area contributed by atoms with Crippen molar-refractivity contribution < 1.29 is 27.8 Å². The third-order valence-electron chi connectivity index (χ3n) is 2.77. The SMILES string of the molecule is CCOC(=O)C(F)(F)CCOC(=O)c1ncnc2[nH]ccc12. The fourth-order valence-electron chi connectivity index (χ4n) is 1.71. The van der Waals surface area contributed by atoms with Crippen molar-refractivity contribution in [1.82, 2.24) is 15.0 Å². The zero-order chi connectivity index (χ0) is 16.2. The van der Waals surface area contributed by atoms with Crippen molar-refractivity contribution >= 4 is 23.0 Å². The molecule has 0 atom stereocenters. The summed E-state index contributed by atoms with van der Waals surface area (Å²) >= 11 is 0. The molecule has 1 N–H and O–H groups in total. The maximum Gasteiger partial charge on any atom is 0.377 e. The van der Waals surface area contributed by atoms with E-state index in [4.69, 9.17) is 4.74 Å². The number of halogens is 2. The molecule has 0 aliphatic carbocycles. The van der Waals surface area contributed by atoms with E-state index in [-0.39, 0.29) is 12.3 Å². The average Bonchev–Trinajstić information content (AvgIpc) is 2.95. The van der Waals surface area contributed by atoms with Crippen molar-refractivity contribution in [3.8, 4) is 0 Å². The molecule has 9 heteroatoms. The highest BCUT2D eigenvalue weighted by Crippen LogP contribution is 2.21. The molecular weight excluding hydrogens is 300 g/mol. The van der Waals surface area contributed by atoms with Crippen LogP contribution in [0.3, 0.4) is 0 Å². The van der Waals surface area contributed by atoms with Crippen LogP contribution in [-0.4, -0.2) is 46.0 Å². The standard InChI is InChI=1S/C13H13F2N3O4/c1-2-21-12(20)13(14,15)4-6-22-11(19)9-8-3-5-16-10(8)18-7-17-9/h3,5,7H,2,4,6H2,1H3,(H,16,17,18). The number of H-pyrrole nitrogens is 1. The molecule has 7 nitrogen and oxygen atoms in total. The first-order valence-corrected chi connectivity index (χ1v) is 6.46. The Balaban J connectivity index is 1.96. The Morgan fingerprint density at radius 3 is 2.82 bits per heavy atom. The summed E-state index contributed by atoms with van der Waals surface area (Å²) in [6, 6.07) is 1.57. The summed E-state index contributed by atoms with van der Waals surface area (Å²) in [4.78, 5) is 33.3. The summed E-state index contributed by atoms with van der Waals surface area (Å²) in [5, 5.41) is 0.421. The number of alkyl halides is 2. The largest absolute Gasteiger partial charge is 0.462 e. The number of aromatic nitrogens is 3. The number of esters is 2. The zero-order valence-electron chi connectivity index (χ0n) is 11.6. The zero-order valence-corrected chi connectivity index (χ0v) is 11.6. The quantitative estimate of drug-likeness (QED) is 0.816. The van der Waals surface area contributed by atoms with Crippen molar-refractivity contribution in [2.24, 2.45) is 0 Å². The molecule has 2 heterocycles. The van der Waals surface area contributed by atoms with Gasteiger partial charge in [-0.25, -0.2) is 19.6 Å². The van der Waals surface area contributed by atoms with E-state index in [1.54, 1.807) is 12.3 Å². The van der Waals surface area contributed by atoms with E-state index >= 15 is 0 Å². The lowest BCUT2D eigenvalue weighted by atomic mass is 10.2. The average molecular weight is 313 g/mol.